The van der Waals surface area contributed by atoms with Crippen molar-refractivity contribution in [3.05, 3.63) is 53.3 Å². The first-order chi connectivity index (χ1) is 12.5. The number of methoxy groups -OCH3 is 1. The van der Waals surface area contributed by atoms with E-state index in [4.69, 9.17) is 16.3 Å². The maximum absolute atomic E-state index is 14.0. The summed E-state index contributed by atoms with van der Waals surface area (Å²) in [5, 5.41) is 7.16. The fourth-order valence-electron chi connectivity index (χ4n) is 2.15. The summed E-state index contributed by atoms with van der Waals surface area (Å²) in [6, 6.07) is 11.3. The average Bonchev–Trinajstić information content (AvgIpc) is 2.64. The summed E-state index contributed by atoms with van der Waals surface area (Å²) >= 11 is 5.77. The molecule has 2 aromatic rings. The average molecular weight is 378 g/mol. The number of carbonyl (C=O) groups excluding carboxylic acids is 1. The highest BCUT2D eigenvalue weighted by atomic mass is 35.5. The lowest BCUT2D eigenvalue weighted by Crippen LogP contribution is -2.25. The minimum atomic E-state index is -0.560. The monoisotopic (exact) mass is 377 g/mol. The van der Waals surface area contributed by atoms with Crippen LogP contribution in [0.5, 0.6) is 5.75 Å². The van der Waals surface area contributed by atoms with Crippen LogP contribution < -0.4 is 15.5 Å². The molecule has 26 heavy (non-hydrogen) atoms. The summed E-state index contributed by atoms with van der Waals surface area (Å²) in [4.78, 5) is 12.4. The molecule has 2 N–H and O–H groups in total. The van der Waals surface area contributed by atoms with Crippen LogP contribution in [0.2, 0.25) is 5.02 Å². The molecule has 0 aromatic heterocycles. The summed E-state index contributed by atoms with van der Waals surface area (Å²) in [5.41, 5.74) is 3.58. The van der Waals surface area contributed by atoms with Gasteiger partial charge in [0.2, 0.25) is 0 Å². The second kappa shape index (κ2) is 9.77. The van der Waals surface area contributed by atoms with Crippen LogP contribution in [0.3, 0.4) is 0 Å². The van der Waals surface area contributed by atoms with Gasteiger partial charge in [-0.05, 0) is 36.8 Å². The predicted octanol–water partition coefficient (Wildman–Crippen LogP) is 5.08. The number of carbonyl (C=O) groups is 1. The number of ether oxygens (including phenoxy) is 1. The standard InChI is InChI=1S/C19H21ClFN3O2/c1-3-4-8-18(25)19(22-17-10-9-13(20)11-16(17)21)24-23-14-6-5-7-15(12-14)26-2/h5-7,9-12,23H,3-4,8H2,1-2H3,(H,22,24). The molecule has 0 bridgehead atoms. The third-order valence-electron chi connectivity index (χ3n) is 3.57. The number of hydrazone groups is 1. The lowest BCUT2D eigenvalue weighted by molar-refractivity contribution is -0.113. The first-order valence-electron chi connectivity index (χ1n) is 8.26. The molecular weight excluding hydrogens is 357 g/mol. The van der Waals surface area contributed by atoms with E-state index in [1.54, 1.807) is 31.4 Å². The topological polar surface area (TPSA) is 62.7 Å². The molecule has 0 saturated carbocycles. The van der Waals surface area contributed by atoms with Crippen molar-refractivity contribution in [3.8, 4) is 5.75 Å². The number of halogens is 2. The fraction of sp³-hybridized carbons (Fsp3) is 0.263. The highest BCUT2D eigenvalue weighted by molar-refractivity contribution is 6.43. The summed E-state index contributed by atoms with van der Waals surface area (Å²) in [6.45, 7) is 1.99. The van der Waals surface area contributed by atoms with Crippen LogP contribution in [0.15, 0.2) is 47.6 Å². The lowest BCUT2D eigenvalue weighted by atomic mass is 10.1. The minimum Gasteiger partial charge on any atom is -0.497 e. The Balaban J connectivity index is 2.22. The van der Waals surface area contributed by atoms with E-state index in [0.717, 1.165) is 12.8 Å². The van der Waals surface area contributed by atoms with Gasteiger partial charge in [-0.25, -0.2) is 4.39 Å². The molecular formula is C19H21ClFN3O2. The largest absolute Gasteiger partial charge is 0.497 e. The van der Waals surface area contributed by atoms with Gasteiger partial charge in [0.15, 0.2) is 11.6 Å². The van der Waals surface area contributed by atoms with Crippen molar-refractivity contribution < 1.29 is 13.9 Å². The van der Waals surface area contributed by atoms with Gasteiger partial charge >= 0.3 is 0 Å². The molecule has 0 unspecified atom stereocenters. The molecule has 0 aliphatic rings. The summed E-state index contributed by atoms with van der Waals surface area (Å²) in [7, 11) is 1.56. The van der Waals surface area contributed by atoms with Gasteiger partial charge < -0.3 is 10.1 Å². The Labute approximate surface area is 157 Å². The first kappa shape index (κ1) is 19.7. The molecule has 2 rings (SSSR count). The molecule has 0 radical (unpaired) electrons. The molecule has 7 heteroatoms. The highest BCUT2D eigenvalue weighted by Crippen LogP contribution is 2.20. The van der Waals surface area contributed by atoms with E-state index < -0.39 is 5.82 Å². The number of hydrogen-bond acceptors (Lipinski definition) is 4. The summed E-state index contributed by atoms with van der Waals surface area (Å²) in [5.74, 6) is -0.0882. The van der Waals surface area contributed by atoms with Gasteiger partial charge in [-0.15, -0.1) is 0 Å². The number of rotatable bonds is 8. The Hall–Kier alpha value is -2.60. The van der Waals surface area contributed by atoms with Crippen molar-refractivity contribution in [2.45, 2.75) is 26.2 Å². The zero-order chi connectivity index (χ0) is 18.9. The lowest BCUT2D eigenvalue weighted by Gasteiger charge is -2.11. The van der Waals surface area contributed by atoms with Crippen LogP contribution >= 0.6 is 11.6 Å². The van der Waals surface area contributed by atoms with Crippen LogP contribution in [-0.4, -0.2) is 18.7 Å². The van der Waals surface area contributed by atoms with Crippen LogP contribution in [-0.2, 0) is 4.79 Å². The molecule has 0 fully saturated rings. The van der Waals surface area contributed by atoms with Crippen LogP contribution in [0, 0.1) is 5.82 Å². The van der Waals surface area contributed by atoms with Crippen molar-refractivity contribution in [2.24, 2.45) is 5.10 Å². The Morgan fingerprint density at radius 2 is 2.08 bits per heavy atom. The Morgan fingerprint density at radius 1 is 1.27 bits per heavy atom. The summed E-state index contributed by atoms with van der Waals surface area (Å²) < 4.78 is 19.2. The Kier molecular flexibility index (Phi) is 7.41. The molecule has 0 heterocycles. The fourth-order valence-corrected chi connectivity index (χ4v) is 2.31. The van der Waals surface area contributed by atoms with E-state index in [-0.39, 0.29) is 22.3 Å². The SMILES string of the molecule is CCCCC(=O)/C(=N/Nc1cccc(OC)c1)Nc1ccc(Cl)cc1F. The predicted molar refractivity (Wildman–Crippen MR) is 104 cm³/mol. The third kappa shape index (κ3) is 5.74. The number of amidine groups is 1. The molecule has 0 spiro atoms. The van der Waals surface area contributed by atoms with Crippen LogP contribution in [0.25, 0.3) is 0 Å². The van der Waals surface area contributed by atoms with E-state index in [9.17, 15) is 9.18 Å². The number of benzene rings is 2. The van der Waals surface area contributed by atoms with E-state index in [0.29, 0.717) is 17.9 Å². The Morgan fingerprint density at radius 3 is 2.77 bits per heavy atom. The second-order valence-electron chi connectivity index (χ2n) is 5.58. The van der Waals surface area contributed by atoms with Gasteiger partial charge in [0.1, 0.15) is 11.6 Å². The molecule has 0 atom stereocenters. The van der Waals surface area contributed by atoms with E-state index in [1.165, 1.54) is 18.2 Å². The smallest absolute Gasteiger partial charge is 0.199 e. The second-order valence-corrected chi connectivity index (χ2v) is 6.02. The van der Waals surface area contributed by atoms with Gasteiger partial charge in [0.25, 0.3) is 0 Å². The third-order valence-corrected chi connectivity index (χ3v) is 3.81. The quantitative estimate of drug-likeness (QED) is 0.382. The molecule has 138 valence electrons. The first-order valence-corrected chi connectivity index (χ1v) is 8.64. The zero-order valence-corrected chi connectivity index (χ0v) is 15.4. The van der Waals surface area contributed by atoms with Gasteiger partial charge in [-0.2, -0.15) is 5.10 Å². The number of hydrogen-bond donors (Lipinski definition) is 2. The van der Waals surface area contributed by atoms with Crippen molar-refractivity contribution in [1.29, 1.82) is 0 Å². The number of nitrogens with zero attached hydrogens (tertiary/aromatic N) is 1. The van der Waals surface area contributed by atoms with Crippen molar-refractivity contribution in [1.82, 2.24) is 0 Å². The highest BCUT2D eigenvalue weighted by Gasteiger charge is 2.14. The molecule has 2 aromatic carbocycles. The molecule has 0 aliphatic heterocycles. The maximum atomic E-state index is 14.0. The molecule has 0 amide bonds. The van der Waals surface area contributed by atoms with Gasteiger partial charge in [0, 0.05) is 17.5 Å². The number of ketones is 1. The molecule has 5 nitrogen and oxygen atoms in total. The number of unbranched alkanes of at least 4 members (excludes halogenated alkanes) is 1. The zero-order valence-electron chi connectivity index (χ0n) is 14.7. The minimum absolute atomic E-state index is 0.0301. The van der Waals surface area contributed by atoms with E-state index >= 15 is 0 Å². The number of nitrogens with one attached hydrogen (secondary N) is 2. The molecule has 0 saturated heterocycles. The van der Waals surface area contributed by atoms with Gasteiger partial charge in [-0.3, -0.25) is 10.2 Å². The van der Waals surface area contributed by atoms with Crippen LogP contribution in [0.1, 0.15) is 26.2 Å². The Bertz CT molecular complexity index is 796. The van der Waals surface area contributed by atoms with Gasteiger partial charge in [0.05, 0.1) is 18.5 Å². The maximum Gasteiger partial charge on any atom is 0.199 e. The van der Waals surface area contributed by atoms with Crippen molar-refractivity contribution in [2.75, 3.05) is 17.9 Å². The summed E-state index contributed by atoms with van der Waals surface area (Å²) in [6.07, 6.45) is 1.91. The van der Waals surface area contributed by atoms with E-state index in [1.807, 2.05) is 6.92 Å². The van der Waals surface area contributed by atoms with Crippen molar-refractivity contribution >= 4 is 34.6 Å². The van der Waals surface area contributed by atoms with Crippen LogP contribution in [0.4, 0.5) is 15.8 Å². The molecule has 0 aliphatic carbocycles. The number of Topliss-reactive ketones (excluding diaryl/α,β-unsaturated/α-hetero) is 1. The van der Waals surface area contributed by atoms with E-state index in [2.05, 4.69) is 15.8 Å². The van der Waals surface area contributed by atoms with Crippen molar-refractivity contribution in [3.63, 3.8) is 0 Å². The number of anilines is 2. The van der Waals surface area contributed by atoms with Gasteiger partial charge in [-0.1, -0.05) is 31.0 Å². The normalized spacial score (nSPS) is 11.2.